The number of hydrogen-bond donors (Lipinski definition) is 0. The van der Waals surface area contributed by atoms with E-state index in [-0.39, 0.29) is 12.0 Å². The summed E-state index contributed by atoms with van der Waals surface area (Å²) in [6.45, 7) is 0. The highest BCUT2D eigenvalue weighted by Gasteiger charge is 2.45. The van der Waals surface area contributed by atoms with Gasteiger partial charge >= 0.3 is 0 Å². The Hall–Kier alpha value is -4.56. The molecule has 0 bridgehead atoms. The van der Waals surface area contributed by atoms with Crippen molar-refractivity contribution >= 4 is 22.1 Å². The molecule has 5 aromatic carbocycles. The Balaban J connectivity index is 1.36. The van der Waals surface area contributed by atoms with Crippen molar-refractivity contribution in [3.8, 4) is 16.9 Å². The van der Waals surface area contributed by atoms with Gasteiger partial charge in [0.1, 0.15) is 11.5 Å². The van der Waals surface area contributed by atoms with Gasteiger partial charge in [-0.05, 0) is 58.1 Å². The van der Waals surface area contributed by atoms with Gasteiger partial charge in [0.15, 0.2) is 0 Å². The number of anilines is 2. The summed E-state index contributed by atoms with van der Waals surface area (Å²) in [6.07, 6.45) is 6.57. The summed E-state index contributed by atoms with van der Waals surface area (Å²) >= 11 is 0. The van der Waals surface area contributed by atoms with Crippen LogP contribution in [0.1, 0.15) is 29.9 Å². The monoisotopic (exact) mass is 489 g/mol. The van der Waals surface area contributed by atoms with E-state index < -0.39 is 0 Å². The molecule has 2 atom stereocenters. The first-order valence-electron chi connectivity index (χ1n) is 13.5. The molecule has 0 N–H and O–H groups in total. The fourth-order valence-electron chi connectivity index (χ4n) is 6.69. The van der Waals surface area contributed by atoms with Crippen molar-refractivity contribution in [1.29, 1.82) is 0 Å². The number of benzene rings is 5. The number of allylic oxidation sites excluding steroid dienone is 2. The molecule has 0 saturated heterocycles. The van der Waals surface area contributed by atoms with Gasteiger partial charge in [-0.25, -0.2) is 0 Å². The Labute approximate surface area is 223 Å². The van der Waals surface area contributed by atoms with Crippen LogP contribution < -0.4 is 9.64 Å². The zero-order valence-corrected chi connectivity index (χ0v) is 21.0. The minimum Gasteiger partial charge on any atom is -0.461 e. The molecule has 0 radical (unpaired) electrons. The predicted molar refractivity (Wildman–Crippen MR) is 156 cm³/mol. The van der Waals surface area contributed by atoms with E-state index in [4.69, 9.17) is 4.74 Å². The fraction of sp³-hybridized carbons (Fsp3) is 0.111. The fourth-order valence-corrected chi connectivity index (χ4v) is 6.69. The standard InChI is InChI=1S/C36H27NO/c1-2-15-27-24(11-1)12-10-19-28(27)25-13-9-14-26(23-25)37-32-20-6-3-16-29(32)35-30-17-4-7-21-33(30)38-34-22-8-5-18-31(34)36(35)37/h1-7,9-21,23,35-36H,8,22H2. The van der Waals surface area contributed by atoms with Crippen molar-refractivity contribution in [1.82, 2.24) is 0 Å². The lowest BCUT2D eigenvalue weighted by atomic mass is 9.83. The van der Waals surface area contributed by atoms with Gasteiger partial charge < -0.3 is 9.64 Å². The van der Waals surface area contributed by atoms with Crippen LogP contribution in [-0.4, -0.2) is 6.04 Å². The molecule has 38 heavy (non-hydrogen) atoms. The van der Waals surface area contributed by atoms with Crippen molar-refractivity contribution in [3.63, 3.8) is 0 Å². The SMILES string of the molecule is C1=CC2=C(CC1)Oc1ccccc1C1c3ccccc3N(c3cccc(-c4cccc5ccccc45)c3)C21. The molecule has 2 aliphatic heterocycles. The highest BCUT2D eigenvalue weighted by atomic mass is 16.5. The second-order valence-corrected chi connectivity index (χ2v) is 10.4. The van der Waals surface area contributed by atoms with Crippen molar-refractivity contribution in [2.75, 3.05) is 4.90 Å². The molecule has 0 fully saturated rings. The lowest BCUT2D eigenvalue weighted by molar-refractivity contribution is 0.397. The van der Waals surface area contributed by atoms with Crippen LogP contribution in [0.4, 0.5) is 11.4 Å². The summed E-state index contributed by atoms with van der Waals surface area (Å²) in [6, 6.07) is 42.0. The molecule has 0 aromatic heterocycles. The molecule has 3 aliphatic rings. The van der Waals surface area contributed by atoms with Gasteiger partial charge in [-0.2, -0.15) is 0 Å². The Morgan fingerprint density at radius 2 is 1.50 bits per heavy atom. The summed E-state index contributed by atoms with van der Waals surface area (Å²) in [4.78, 5) is 2.56. The van der Waals surface area contributed by atoms with Crippen LogP contribution in [0.25, 0.3) is 21.9 Å². The third-order valence-electron chi connectivity index (χ3n) is 8.31. The van der Waals surface area contributed by atoms with Gasteiger partial charge in [0.05, 0.1) is 6.04 Å². The largest absolute Gasteiger partial charge is 0.461 e. The molecule has 2 heterocycles. The molecule has 8 rings (SSSR count). The first-order valence-corrected chi connectivity index (χ1v) is 13.5. The summed E-state index contributed by atoms with van der Waals surface area (Å²) in [5.41, 5.74) is 8.90. The predicted octanol–water partition coefficient (Wildman–Crippen LogP) is 9.16. The van der Waals surface area contributed by atoms with Gasteiger partial charge in [-0.15, -0.1) is 0 Å². The van der Waals surface area contributed by atoms with Gasteiger partial charge in [0.2, 0.25) is 0 Å². The second-order valence-electron chi connectivity index (χ2n) is 10.4. The molecule has 2 unspecified atom stereocenters. The maximum atomic E-state index is 6.64. The minimum atomic E-state index is 0.130. The topological polar surface area (TPSA) is 12.5 Å². The number of nitrogens with zero attached hydrogens (tertiary/aromatic N) is 1. The molecule has 2 heteroatoms. The van der Waals surface area contributed by atoms with E-state index >= 15 is 0 Å². The highest BCUT2D eigenvalue weighted by molar-refractivity contribution is 5.97. The van der Waals surface area contributed by atoms with Gasteiger partial charge in [0, 0.05) is 34.9 Å². The maximum absolute atomic E-state index is 6.64. The van der Waals surface area contributed by atoms with Crippen molar-refractivity contribution in [3.05, 3.63) is 150 Å². The molecule has 0 spiro atoms. The molecule has 0 saturated carbocycles. The Kier molecular flexibility index (Phi) is 4.81. The zero-order valence-electron chi connectivity index (χ0n) is 21.0. The number of hydrogen-bond acceptors (Lipinski definition) is 2. The van der Waals surface area contributed by atoms with E-state index in [1.54, 1.807) is 0 Å². The molecular formula is C36H27NO. The van der Waals surface area contributed by atoms with Crippen LogP contribution in [0.2, 0.25) is 0 Å². The highest BCUT2D eigenvalue weighted by Crippen LogP contribution is 2.55. The lowest BCUT2D eigenvalue weighted by Gasteiger charge is -2.32. The van der Waals surface area contributed by atoms with E-state index in [2.05, 4.69) is 132 Å². The van der Waals surface area contributed by atoms with Crippen LogP contribution in [-0.2, 0) is 0 Å². The first-order chi connectivity index (χ1) is 18.9. The van der Waals surface area contributed by atoms with E-state index in [1.165, 1.54) is 50.0 Å². The first kappa shape index (κ1) is 21.5. The van der Waals surface area contributed by atoms with Crippen LogP contribution >= 0.6 is 0 Å². The van der Waals surface area contributed by atoms with E-state index in [9.17, 15) is 0 Å². The van der Waals surface area contributed by atoms with Gasteiger partial charge in [-0.3, -0.25) is 0 Å². The van der Waals surface area contributed by atoms with E-state index in [0.717, 1.165) is 24.4 Å². The van der Waals surface area contributed by atoms with Crippen molar-refractivity contribution < 1.29 is 4.74 Å². The van der Waals surface area contributed by atoms with Crippen molar-refractivity contribution in [2.24, 2.45) is 0 Å². The van der Waals surface area contributed by atoms with E-state index in [1.807, 2.05) is 0 Å². The molecule has 2 nitrogen and oxygen atoms in total. The second kappa shape index (κ2) is 8.49. The Bertz CT molecular complexity index is 1770. The number of fused-ring (bicyclic) bond motifs is 7. The molecule has 5 aromatic rings. The molecule has 1 aliphatic carbocycles. The number of para-hydroxylation sites is 2. The minimum absolute atomic E-state index is 0.130. The zero-order chi connectivity index (χ0) is 25.1. The van der Waals surface area contributed by atoms with Gasteiger partial charge in [0.25, 0.3) is 0 Å². The maximum Gasteiger partial charge on any atom is 0.130 e. The van der Waals surface area contributed by atoms with Crippen LogP contribution in [0.3, 0.4) is 0 Å². The Morgan fingerprint density at radius 3 is 2.47 bits per heavy atom. The Morgan fingerprint density at radius 1 is 0.711 bits per heavy atom. The molecule has 0 amide bonds. The third kappa shape index (κ3) is 3.20. The number of rotatable bonds is 2. The quantitative estimate of drug-likeness (QED) is 0.245. The molecule has 182 valence electrons. The lowest BCUT2D eigenvalue weighted by Crippen LogP contribution is -2.33. The van der Waals surface area contributed by atoms with Crippen LogP contribution in [0.5, 0.6) is 5.75 Å². The average molecular weight is 490 g/mol. The molecular weight excluding hydrogens is 462 g/mol. The van der Waals surface area contributed by atoms with Crippen LogP contribution in [0.15, 0.2) is 139 Å². The summed E-state index contributed by atoms with van der Waals surface area (Å²) in [5, 5.41) is 2.55. The normalized spacial score (nSPS) is 19.3. The average Bonchev–Trinajstić information content (AvgIpc) is 3.24. The third-order valence-corrected chi connectivity index (χ3v) is 8.31. The van der Waals surface area contributed by atoms with Crippen LogP contribution in [0, 0.1) is 0 Å². The summed E-state index contributed by atoms with van der Waals surface area (Å²) < 4.78 is 6.64. The van der Waals surface area contributed by atoms with Gasteiger partial charge in [-0.1, -0.05) is 103 Å². The van der Waals surface area contributed by atoms with Crippen molar-refractivity contribution in [2.45, 2.75) is 24.8 Å². The summed E-state index contributed by atoms with van der Waals surface area (Å²) in [5.74, 6) is 2.29. The number of ether oxygens (including phenoxy) is 1. The summed E-state index contributed by atoms with van der Waals surface area (Å²) in [7, 11) is 0. The van der Waals surface area contributed by atoms with E-state index in [0.29, 0.717) is 0 Å². The smallest absolute Gasteiger partial charge is 0.130 e.